The monoisotopic (exact) mass is 492 g/mol. The standard InChI is InChI=1S/C29H28N6O2/c1-3-27(37)31-23-8-4-6-20(16-23)25-9-5-7-21-18-30-29(33-28(21)25)32-26-11-10-24(17-22(26)19-36)35-14-12-34(2)13-15-35/h3-11,16-19H,1,12-15H2,2H3,(H,31,37)(H,30,32,33). The number of benzene rings is 3. The highest BCUT2D eigenvalue weighted by Crippen LogP contribution is 2.31. The molecule has 1 aromatic heterocycles. The predicted molar refractivity (Wildman–Crippen MR) is 149 cm³/mol. The molecule has 2 N–H and O–H groups in total. The molecule has 1 saturated heterocycles. The number of rotatable bonds is 7. The number of amides is 1. The van der Waals surface area contributed by atoms with Gasteiger partial charge in [-0.3, -0.25) is 9.59 Å². The predicted octanol–water partition coefficient (Wildman–Crippen LogP) is 4.73. The van der Waals surface area contributed by atoms with Gasteiger partial charge in [0.25, 0.3) is 0 Å². The number of aromatic nitrogens is 2. The normalized spacial score (nSPS) is 13.8. The van der Waals surface area contributed by atoms with Gasteiger partial charge in [-0.25, -0.2) is 9.97 Å². The molecule has 0 bridgehead atoms. The molecule has 0 saturated carbocycles. The number of carbonyl (C=O) groups excluding carboxylic acids is 2. The molecule has 0 atom stereocenters. The second-order valence-corrected chi connectivity index (χ2v) is 9.02. The van der Waals surface area contributed by atoms with Crippen LogP contribution in [0.5, 0.6) is 0 Å². The Morgan fingerprint density at radius 2 is 1.84 bits per heavy atom. The van der Waals surface area contributed by atoms with Crippen LogP contribution in [0.15, 0.2) is 79.5 Å². The Balaban J connectivity index is 1.45. The third kappa shape index (κ3) is 5.34. The lowest BCUT2D eigenvalue weighted by Gasteiger charge is -2.34. The van der Waals surface area contributed by atoms with Gasteiger partial charge in [0.15, 0.2) is 6.29 Å². The van der Waals surface area contributed by atoms with Crippen molar-refractivity contribution in [2.45, 2.75) is 0 Å². The molecule has 8 nitrogen and oxygen atoms in total. The first-order valence-corrected chi connectivity index (χ1v) is 12.1. The molecule has 2 heterocycles. The number of fused-ring (bicyclic) bond motifs is 1. The molecule has 0 unspecified atom stereocenters. The zero-order valence-electron chi connectivity index (χ0n) is 20.6. The second kappa shape index (κ2) is 10.6. The smallest absolute Gasteiger partial charge is 0.247 e. The van der Waals surface area contributed by atoms with Gasteiger partial charge in [0.1, 0.15) is 0 Å². The van der Waals surface area contributed by atoms with Gasteiger partial charge >= 0.3 is 0 Å². The maximum Gasteiger partial charge on any atom is 0.247 e. The first-order chi connectivity index (χ1) is 18.0. The maximum absolute atomic E-state index is 11.9. The number of anilines is 4. The fraction of sp³-hybridized carbons (Fsp3) is 0.172. The molecule has 1 fully saturated rings. The van der Waals surface area contributed by atoms with Crippen LogP contribution in [0, 0.1) is 0 Å². The van der Waals surface area contributed by atoms with Crippen molar-refractivity contribution in [1.82, 2.24) is 14.9 Å². The van der Waals surface area contributed by atoms with Gasteiger partial charge in [0, 0.05) is 60.3 Å². The Hall–Kier alpha value is -4.56. The van der Waals surface area contributed by atoms with Gasteiger partial charge in [-0.05, 0) is 49.0 Å². The summed E-state index contributed by atoms with van der Waals surface area (Å²) in [6, 6.07) is 19.3. The van der Waals surface area contributed by atoms with Crippen molar-refractivity contribution in [3.8, 4) is 11.1 Å². The van der Waals surface area contributed by atoms with E-state index in [0.29, 0.717) is 22.9 Å². The third-order valence-corrected chi connectivity index (χ3v) is 6.51. The number of carbonyl (C=O) groups is 2. The van der Waals surface area contributed by atoms with Gasteiger partial charge in [0.05, 0.1) is 11.2 Å². The molecule has 1 amide bonds. The molecule has 1 aliphatic heterocycles. The van der Waals surface area contributed by atoms with Crippen molar-refractivity contribution in [2.75, 3.05) is 48.8 Å². The van der Waals surface area contributed by atoms with Crippen LogP contribution < -0.4 is 15.5 Å². The second-order valence-electron chi connectivity index (χ2n) is 9.02. The van der Waals surface area contributed by atoms with Gasteiger partial charge in [-0.1, -0.05) is 36.9 Å². The van der Waals surface area contributed by atoms with E-state index < -0.39 is 0 Å². The Morgan fingerprint density at radius 1 is 1.03 bits per heavy atom. The van der Waals surface area contributed by atoms with Crippen LogP contribution in [-0.2, 0) is 4.79 Å². The summed E-state index contributed by atoms with van der Waals surface area (Å²) in [4.78, 5) is 37.6. The van der Waals surface area contributed by atoms with Crippen molar-refractivity contribution in [3.05, 3.63) is 85.1 Å². The van der Waals surface area contributed by atoms with E-state index in [4.69, 9.17) is 4.98 Å². The van der Waals surface area contributed by atoms with E-state index >= 15 is 0 Å². The fourth-order valence-electron chi connectivity index (χ4n) is 4.45. The maximum atomic E-state index is 11.9. The van der Waals surface area contributed by atoms with Gasteiger partial charge in [-0.15, -0.1) is 0 Å². The number of likely N-dealkylation sites (N-methyl/N-ethyl adjacent to an activating group) is 1. The molecule has 5 rings (SSSR count). The van der Waals surface area contributed by atoms with Crippen molar-refractivity contribution >= 4 is 46.1 Å². The lowest BCUT2D eigenvalue weighted by molar-refractivity contribution is -0.111. The fourth-order valence-corrected chi connectivity index (χ4v) is 4.45. The number of piperazine rings is 1. The third-order valence-electron chi connectivity index (χ3n) is 6.51. The highest BCUT2D eigenvalue weighted by Gasteiger charge is 2.16. The zero-order valence-corrected chi connectivity index (χ0v) is 20.6. The van der Waals surface area contributed by atoms with Crippen LogP contribution in [0.3, 0.4) is 0 Å². The van der Waals surface area contributed by atoms with E-state index in [-0.39, 0.29) is 5.91 Å². The zero-order chi connectivity index (χ0) is 25.8. The molecular weight excluding hydrogens is 464 g/mol. The largest absolute Gasteiger partial charge is 0.369 e. The molecule has 1 aliphatic rings. The number of aldehydes is 1. The van der Waals surface area contributed by atoms with E-state index in [2.05, 4.69) is 39.0 Å². The van der Waals surface area contributed by atoms with E-state index in [1.165, 1.54) is 6.08 Å². The van der Waals surface area contributed by atoms with Crippen molar-refractivity contribution in [3.63, 3.8) is 0 Å². The first-order valence-electron chi connectivity index (χ1n) is 12.1. The van der Waals surface area contributed by atoms with Gasteiger partial charge in [-0.2, -0.15) is 0 Å². The van der Waals surface area contributed by atoms with Crippen LogP contribution in [0.1, 0.15) is 10.4 Å². The molecule has 186 valence electrons. The summed E-state index contributed by atoms with van der Waals surface area (Å²) in [6.07, 6.45) is 3.86. The van der Waals surface area contributed by atoms with Crippen LogP contribution in [0.2, 0.25) is 0 Å². The minimum absolute atomic E-state index is 0.270. The molecule has 37 heavy (non-hydrogen) atoms. The number of hydrogen-bond acceptors (Lipinski definition) is 7. The Bertz CT molecular complexity index is 1480. The molecule has 0 radical (unpaired) electrons. The Morgan fingerprint density at radius 3 is 2.62 bits per heavy atom. The quantitative estimate of drug-likeness (QED) is 0.285. The van der Waals surface area contributed by atoms with Gasteiger partial charge in [0.2, 0.25) is 11.9 Å². The van der Waals surface area contributed by atoms with Gasteiger partial charge < -0.3 is 20.4 Å². The van der Waals surface area contributed by atoms with Crippen molar-refractivity contribution in [1.29, 1.82) is 0 Å². The SMILES string of the molecule is C=CC(=O)Nc1cccc(-c2cccc3cnc(Nc4ccc(N5CCN(C)CC5)cc4C=O)nc23)c1. The molecule has 8 heteroatoms. The van der Waals surface area contributed by atoms with Crippen LogP contribution in [0.25, 0.3) is 22.0 Å². The molecule has 0 aliphatic carbocycles. The van der Waals surface area contributed by atoms with E-state index in [0.717, 1.165) is 60.2 Å². The molecular formula is C29H28N6O2. The molecule has 4 aromatic rings. The minimum atomic E-state index is -0.270. The number of nitrogens with one attached hydrogen (secondary N) is 2. The summed E-state index contributed by atoms with van der Waals surface area (Å²) in [7, 11) is 2.12. The summed E-state index contributed by atoms with van der Waals surface area (Å²) >= 11 is 0. The number of hydrogen-bond donors (Lipinski definition) is 2. The highest BCUT2D eigenvalue weighted by molar-refractivity contribution is 6.00. The van der Waals surface area contributed by atoms with E-state index in [9.17, 15) is 9.59 Å². The van der Waals surface area contributed by atoms with E-state index in [1.807, 2.05) is 60.7 Å². The van der Waals surface area contributed by atoms with Crippen molar-refractivity contribution < 1.29 is 9.59 Å². The highest BCUT2D eigenvalue weighted by atomic mass is 16.1. The molecule has 3 aromatic carbocycles. The molecule has 0 spiro atoms. The van der Waals surface area contributed by atoms with Crippen LogP contribution in [-0.4, -0.2) is 60.3 Å². The number of para-hydroxylation sites is 1. The van der Waals surface area contributed by atoms with Crippen LogP contribution in [0.4, 0.5) is 23.0 Å². The first kappa shape index (κ1) is 24.1. The van der Waals surface area contributed by atoms with E-state index in [1.54, 1.807) is 6.20 Å². The van der Waals surface area contributed by atoms with Crippen LogP contribution >= 0.6 is 0 Å². The summed E-state index contributed by atoms with van der Waals surface area (Å²) in [5, 5.41) is 6.90. The minimum Gasteiger partial charge on any atom is -0.369 e. The number of nitrogens with zero attached hydrogens (tertiary/aromatic N) is 4. The lowest BCUT2D eigenvalue weighted by Crippen LogP contribution is -2.44. The topological polar surface area (TPSA) is 90.5 Å². The van der Waals surface area contributed by atoms with Crippen molar-refractivity contribution in [2.24, 2.45) is 0 Å². The summed E-state index contributed by atoms with van der Waals surface area (Å²) < 4.78 is 0. The lowest BCUT2D eigenvalue weighted by atomic mass is 10.0. The average molecular weight is 493 g/mol. The average Bonchev–Trinajstić information content (AvgIpc) is 2.93. The summed E-state index contributed by atoms with van der Waals surface area (Å²) in [5.41, 5.74) is 5.47. The summed E-state index contributed by atoms with van der Waals surface area (Å²) in [5.74, 6) is 0.125. The summed E-state index contributed by atoms with van der Waals surface area (Å²) in [6.45, 7) is 7.34. The Kier molecular flexibility index (Phi) is 6.91. The Labute approximate surface area is 215 Å².